The largest absolute Gasteiger partial charge is 1.00 e. The van der Waals surface area contributed by atoms with Crippen molar-refractivity contribution in [3.05, 3.63) is 95.1 Å². The summed E-state index contributed by atoms with van der Waals surface area (Å²) in [4.78, 5) is 0. The van der Waals surface area contributed by atoms with Crippen LogP contribution in [0.25, 0.3) is 0 Å². The number of hydrazone groups is 1. The van der Waals surface area contributed by atoms with Crippen LogP contribution in [0.2, 0.25) is 0 Å². The number of quaternary nitrogens is 1. The van der Waals surface area contributed by atoms with Crippen LogP contribution in [0.15, 0.2) is 77.9 Å². The van der Waals surface area contributed by atoms with E-state index >= 15 is 0 Å². The SMILES string of the molecule is Cc1cccc(C2=NN(c3cccc(C)c3)N(c3cccc(C)c3)[NH2+]2)c1.[Cl-]. The highest BCUT2D eigenvalue weighted by Gasteiger charge is 2.31. The Kier molecular flexibility index (Phi) is 5.49. The van der Waals surface area contributed by atoms with Gasteiger partial charge in [-0.05, 0) is 68.3 Å². The third kappa shape index (κ3) is 3.97. The van der Waals surface area contributed by atoms with Crippen LogP contribution in [0.4, 0.5) is 11.4 Å². The predicted octanol–water partition coefficient (Wildman–Crippen LogP) is 0.698. The molecule has 0 radical (unpaired) electrons. The number of hydrazine groups is 1. The molecule has 138 valence electrons. The van der Waals surface area contributed by atoms with Gasteiger partial charge in [0.25, 0.3) is 5.84 Å². The summed E-state index contributed by atoms with van der Waals surface area (Å²) in [6.45, 7) is 6.32. The maximum Gasteiger partial charge on any atom is 0.277 e. The minimum absolute atomic E-state index is 0. The maximum atomic E-state index is 4.92. The van der Waals surface area contributed by atoms with Gasteiger partial charge in [-0.3, -0.25) is 0 Å². The Balaban J connectivity index is 0.00000210. The van der Waals surface area contributed by atoms with Crippen LogP contribution in [0.1, 0.15) is 22.3 Å². The minimum atomic E-state index is 0. The second-order valence-electron chi connectivity index (χ2n) is 6.80. The lowest BCUT2D eigenvalue weighted by atomic mass is 10.1. The number of anilines is 2. The van der Waals surface area contributed by atoms with Crippen LogP contribution in [-0.4, -0.2) is 5.84 Å². The van der Waals surface area contributed by atoms with Gasteiger partial charge in [-0.25, -0.2) is 0 Å². The molecular formula is C22H23ClN4. The van der Waals surface area contributed by atoms with E-state index in [1.54, 1.807) is 0 Å². The van der Waals surface area contributed by atoms with Crippen molar-refractivity contribution in [2.24, 2.45) is 5.10 Å². The number of amidine groups is 1. The van der Waals surface area contributed by atoms with E-state index in [1.165, 1.54) is 16.7 Å². The van der Waals surface area contributed by atoms with E-state index in [0.29, 0.717) is 0 Å². The number of aryl methyl sites for hydroxylation is 3. The van der Waals surface area contributed by atoms with Crippen LogP contribution < -0.4 is 28.1 Å². The van der Waals surface area contributed by atoms with Crippen molar-refractivity contribution in [3.8, 4) is 0 Å². The smallest absolute Gasteiger partial charge is 0.277 e. The second-order valence-corrected chi connectivity index (χ2v) is 6.80. The van der Waals surface area contributed by atoms with Crippen LogP contribution in [-0.2, 0) is 0 Å². The predicted molar refractivity (Wildman–Crippen MR) is 107 cm³/mol. The molecule has 0 atom stereocenters. The molecule has 3 aromatic rings. The molecule has 1 heterocycles. The lowest BCUT2D eigenvalue weighted by Crippen LogP contribution is -3.00. The summed E-state index contributed by atoms with van der Waals surface area (Å²) < 4.78 is 0. The zero-order valence-corrected chi connectivity index (χ0v) is 16.5. The van der Waals surface area contributed by atoms with Crippen LogP contribution >= 0.6 is 0 Å². The lowest BCUT2D eigenvalue weighted by Gasteiger charge is -2.24. The van der Waals surface area contributed by atoms with E-state index in [9.17, 15) is 0 Å². The Bertz CT molecular complexity index is 983. The Morgan fingerprint density at radius 1 is 0.704 bits per heavy atom. The number of nitrogens with two attached hydrogens (primary N) is 1. The average molecular weight is 379 g/mol. The van der Waals surface area contributed by atoms with Crippen LogP contribution in [0, 0.1) is 20.8 Å². The van der Waals surface area contributed by atoms with E-state index < -0.39 is 0 Å². The van der Waals surface area contributed by atoms with Gasteiger partial charge in [0.15, 0.2) is 0 Å². The van der Waals surface area contributed by atoms with Gasteiger partial charge in [0.2, 0.25) is 0 Å². The number of benzene rings is 3. The second kappa shape index (κ2) is 7.82. The summed E-state index contributed by atoms with van der Waals surface area (Å²) in [5.41, 5.74) is 9.04. The van der Waals surface area contributed by atoms with Crippen molar-refractivity contribution >= 4 is 17.2 Å². The molecule has 3 aromatic carbocycles. The molecule has 27 heavy (non-hydrogen) atoms. The maximum absolute atomic E-state index is 4.92. The molecular weight excluding hydrogens is 356 g/mol. The average Bonchev–Trinajstić information content (AvgIpc) is 3.07. The molecule has 0 spiro atoms. The van der Waals surface area contributed by atoms with E-state index in [4.69, 9.17) is 5.10 Å². The number of hydrogen-bond acceptors (Lipinski definition) is 3. The first kappa shape index (κ1) is 19.0. The molecule has 4 rings (SSSR count). The Labute approximate surface area is 166 Å². The molecule has 0 aliphatic carbocycles. The Morgan fingerprint density at radius 3 is 1.89 bits per heavy atom. The van der Waals surface area contributed by atoms with Crippen molar-refractivity contribution in [1.29, 1.82) is 0 Å². The summed E-state index contributed by atoms with van der Waals surface area (Å²) in [6.07, 6.45) is 0. The first-order valence-corrected chi connectivity index (χ1v) is 8.83. The number of hydrogen-bond donors (Lipinski definition) is 1. The van der Waals surface area contributed by atoms with Crippen molar-refractivity contribution < 1.29 is 17.8 Å². The molecule has 5 heteroatoms. The van der Waals surface area contributed by atoms with Crippen molar-refractivity contribution in [2.45, 2.75) is 20.8 Å². The minimum Gasteiger partial charge on any atom is -1.00 e. The van der Waals surface area contributed by atoms with E-state index in [-0.39, 0.29) is 12.4 Å². The number of rotatable bonds is 3. The monoisotopic (exact) mass is 378 g/mol. The molecule has 0 fully saturated rings. The molecule has 2 N–H and O–H groups in total. The molecule has 0 aromatic heterocycles. The fourth-order valence-corrected chi connectivity index (χ4v) is 3.17. The quantitative estimate of drug-likeness (QED) is 0.681. The Morgan fingerprint density at radius 2 is 1.26 bits per heavy atom. The van der Waals surface area contributed by atoms with Gasteiger partial charge in [-0.1, -0.05) is 47.1 Å². The van der Waals surface area contributed by atoms with E-state index in [1.807, 2.05) is 5.12 Å². The van der Waals surface area contributed by atoms with Gasteiger partial charge < -0.3 is 12.4 Å². The summed E-state index contributed by atoms with van der Waals surface area (Å²) in [5, 5.41) is 9.00. The van der Waals surface area contributed by atoms with Crippen LogP contribution in [0.3, 0.4) is 0 Å². The van der Waals surface area contributed by atoms with Crippen molar-refractivity contribution in [1.82, 2.24) is 0 Å². The highest BCUT2D eigenvalue weighted by molar-refractivity contribution is 5.94. The normalized spacial score (nSPS) is 13.4. The molecule has 0 amide bonds. The fourth-order valence-electron chi connectivity index (χ4n) is 3.17. The first-order valence-electron chi connectivity index (χ1n) is 8.83. The summed E-state index contributed by atoms with van der Waals surface area (Å²) in [7, 11) is 0. The molecule has 0 saturated carbocycles. The number of halogens is 1. The van der Waals surface area contributed by atoms with Gasteiger partial charge in [-0.2, -0.15) is 5.43 Å². The van der Waals surface area contributed by atoms with Gasteiger partial charge in [0, 0.05) is 0 Å². The highest BCUT2D eigenvalue weighted by atomic mass is 35.5. The Hall–Kier alpha value is -2.82. The van der Waals surface area contributed by atoms with Gasteiger partial charge in [0.05, 0.1) is 11.3 Å². The summed E-state index contributed by atoms with van der Waals surface area (Å²) in [6, 6.07) is 25.4. The van der Waals surface area contributed by atoms with Crippen LogP contribution in [0.5, 0.6) is 0 Å². The molecule has 1 aliphatic rings. The third-order valence-electron chi connectivity index (χ3n) is 4.46. The lowest BCUT2D eigenvalue weighted by molar-refractivity contribution is -0.545. The first-order chi connectivity index (χ1) is 12.6. The zero-order chi connectivity index (χ0) is 18.1. The molecule has 0 saturated heterocycles. The fraction of sp³-hybridized carbons (Fsp3) is 0.136. The van der Waals surface area contributed by atoms with E-state index in [2.05, 4.69) is 104 Å². The summed E-state index contributed by atoms with van der Waals surface area (Å²) in [5.74, 6) is 0.955. The highest BCUT2D eigenvalue weighted by Crippen LogP contribution is 2.24. The molecule has 4 nitrogen and oxygen atoms in total. The molecule has 1 aliphatic heterocycles. The zero-order valence-electron chi connectivity index (χ0n) is 15.7. The summed E-state index contributed by atoms with van der Waals surface area (Å²) >= 11 is 0. The topological polar surface area (TPSA) is 35.5 Å². The van der Waals surface area contributed by atoms with Gasteiger partial charge >= 0.3 is 0 Å². The van der Waals surface area contributed by atoms with E-state index in [0.717, 1.165) is 22.8 Å². The van der Waals surface area contributed by atoms with Crippen molar-refractivity contribution in [3.63, 3.8) is 0 Å². The third-order valence-corrected chi connectivity index (χ3v) is 4.46. The van der Waals surface area contributed by atoms with Crippen molar-refractivity contribution in [2.75, 3.05) is 10.2 Å². The van der Waals surface area contributed by atoms with Gasteiger partial charge in [0.1, 0.15) is 5.69 Å². The number of nitrogens with zero attached hydrogens (tertiary/aromatic N) is 3. The van der Waals surface area contributed by atoms with Gasteiger partial charge in [-0.15, -0.1) is 10.2 Å². The molecule has 0 bridgehead atoms. The molecule has 0 unspecified atom stereocenters. The standard InChI is InChI=1S/C22H22N4.ClH/c1-16-7-4-10-19(13-16)22-23-25(20-11-5-8-17(2)14-20)26(24-22)21-12-6-9-18(3)15-21;/h4-15H,1-3H3,(H,23,24);1H.